The molecule has 3 N–H and O–H groups in total. The van der Waals surface area contributed by atoms with Gasteiger partial charge in [-0.2, -0.15) is 0 Å². The number of halogens is 1. The van der Waals surface area contributed by atoms with E-state index in [0.717, 1.165) is 5.57 Å². The van der Waals surface area contributed by atoms with Crippen molar-refractivity contribution in [3.05, 3.63) is 11.4 Å². The number of aliphatic hydroxyl groups is 1. The van der Waals surface area contributed by atoms with Crippen molar-refractivity contribution in [2.24, 2.45) is 0 Å². The summed E-state index contributed by atoms with van der Waals surface area (Å²) in [6.45, 7) is 0.209. The highest BCUT2D eigenvalue weighted by Crippen LogP contribution is 2.27. The second-order valence-corrected chi connectivity index (χ2v) is 4.22. The average molecular weight is 242 g/mol. The summed E-state index contributed by atoms with van der Waals surface area (Å²) in [4.78, 5) is 11.2. The summed E-state index contributed by atoms with van der Waals surface area (Å²) < 4.78 is 13.4. The number of aliphatic hydroxyl groups excluding tert-OH is 1. The van der Waals surface area contributed by atoms with E-state index in [1.807, 2.05) is 0 Å². The van der Waals surface area contributed by atoms with Crippen LogP contribution in [0.3, 0.4) is 0 Å². The molecule has 0 bridgehead atoms. The number of carbonyl (C=O) groups excluding carboxylic acids is 1. The summed E-state index contributed by atoms with van der Waals surface area (Å²) in [5.74, 6) is -0.291. The average Bonchev–Trinajstić information content (AvgIpc) is 2.29. The second kappa shape index (κ2) is 7.17. The lowest BCUT2D eigenvalue weighted by Gasteiger charge is -2.15. The third-order valence-corrected chi connectivity index (χ3v) is 2.80. The van der Waals surface area contributed by atoms with E-state index in [4.69, 9.17) is 10.5 Å². The van der Waals surface area contributed by atoms with Crippen LogP contribution < -0.4 is 5.32 Å². The number of hydrogen-bond acceptors (Lipinski definition) is 3. The summed E-state index contributed by atoms with van der Waals surface area (Å²) in [5, 5.41) is 18.4. The van der Waals surface area contributed by atoms with Gasteiger partial charge in [-0.15, -0.1) is 0 Å². The lowest BCUT2D eigenvalue weighted by atomic mass is 9.93. The van der Waals surface area contributed by atoms with Crippen molar-refractivity contribution < 1.29 is 14.3 Å². The Morgan fingerprint density at radius 3 is 2.88 bits per heavy atom. The molecule has 1 rings (SSSR count). The molecule has 1 aliphatic carbocycles. The van der Waals surface area contributed by atoms with Crippen molar-refractivity contribution in [1.29, 1.82) is 5.41 Å². The van der Waals surface area contributed by atoms with E-state index >= 15 is 0 Å². The Morgan fingerprint density at radius 2 is 2.24 bits per heavy atom. The first-order valence-corrected chi connectivity index (χ1v) is 5.93. The van der Waals surface area contributed by atoms with Crippen LogP contribution in [0.4, 0.5) is 4.39 Å². The van der Waals surface area contributed by atoms with Crippen LogP contribution in [0.15, 0.2) is 11.4 Å². The van der Waals surface area contributed by atoms with Crippen LogP contribution in [-0.4, -0.2) is 29.9 Å². The Hall–Kier alpha value is -1.23. The zero-order chi connectivity index (χ0) is 12.7. The summed E-state index contributed by atoms with van der Waals surface area (Å²) in [5.41, 5.74) is 1.21. The Labute approximate surface area is 100 Å². The van der Waals surface area contributed by atoms with Gasteiger partial charge in [0, 0.05) is 25.1 Å². The number of allylic oxidation sites excluding steroid dienone is 2. The predicted molar refractivity (Wildman–Crippen MR) is 63.7 cm³/mol. The first-order chi connectivity index (χ1) is 8.13. The van der Waals surface area contributed by atoms with Gasteiger partial charge in [0.2, 0.25) is 5.91 Å². The van der Waals surface area contributed by atoms with Gasteiger partial charge in [-0.3, -0.25) is 4.79 Å². The van der Waals surface area contributed by atoms with E-state index in [2.05, 4.69) is 5.32 Å². The molecule has 0 aliphatic heterocycles. The fraction of sp³-hybridized carbons (Fsp3) is 0.667. The predicted octanol–water partition coefficient (Wildman–Crippen LogP) is 1.69. The fourth-order valence-electron chi connectivity index (χ4n) is 1.84. The normalized spacial score (nSPS) is 16.2. The van der Waals surface area contributed by atoms with Crippen LogP contribution in [0.1, 0.15) is 38.5 Å². The lowest BCUT2D eigenvalue weighted by Crippen LogP contribution is -2.26. The monoisotopic (exact) mass is 242 g/mol. The Balaban J connectivity index is 2.24. The zero-order valence-corrected chi connectivity index (χ0v) is 9.89. The molecule has 0 fully saturated rings. The Kier molecular flexibility index (Phi) is 5.83. The van der Waals surface area contributed by atoms with Crippen LogP contribution in [-0.2, 0) is 4.79 Å². The van der Waals surface area contributed by atoms with Gasteiger partial charge in [0.25, 0.3) is 0 Å². The van der Waals surface area contributed by atoms with E-state index < -0.39 is 0 Å². The molecule has 0 saturated carbocycles. The molecule has 1 aliphatic rings. The van der Waals surface area contributed by atoms with Gasteiger partial charge in [-0.1, -0.05) is 0 Å². The molecule has 5 heteroatoms. The van der Waals surface area contributed by atoms with Crippen molar-refractivity contribution in [2.75, 3.05) is 13.2 Å². The first kappa shape index (κ1) is 13.8. The van der Waals surface area contributed by atoms with Gasteiger partial charge in [0.1, 0.15) is 5.83 Å². The molecule has 0 aromatic carbocycles. The topological polar surface area (TPSA) is 73.2 Å². The lowest BCUT2D eigenvalue weighted by molar-refractivity contribution is -0.121. The molecule has 0 radical (unpaired) electrons. The van der Waals surface area contributed by atoms with Gasteiger partial charge in [-0.05, 0) is 31.3 Å². The third kappa shape index (κ3) is 5.08. The summed E-state index contributed by atoms with van der Waals surface area (Å²) in [6.07, 6.45) is 2.96. The number of rotatable bonds is 6. The molecule has 1 amide bonds. The van der Waals surface area contributed by atoms with E-state index in [1.54, 1.807) is 0 Å². The number of carbonyl (C=O) groups is 1. The van der Waals surface area contributed by atoms with Gasteiger partial charge >= 0.3 is 0 Å². The van der Waals surface area contributed by atoms with E-state index in [0.29, 0.717) is 37.8 Å². The van der Waals surface area contributed by atoms with Gasteiger partial charge in [0.05, 0.1) is 6.61 Å². The minimum Gasteiger partial charge on any atom is -0.395 e. The maximum absolute atomic E-state index is 13.4. The smallest absolute Gasteiger partial charge is 0.220 e. The minimum absolute atomic E-state index is 0.0619. The standard InChI is InChI=1S/C12H19FN2O2/c13-11-8-10(14)5-4-9(11)2-1-3-12(17)15-6-7-16/h14,16H,1-8H2,(H,15,17). The highest BCUT2D eigenvalue weighted by Gasteiger charge is 2.16. The highest BCUT2D eigenvalue weighted by atomic mass is 19.1. The maximum Gasteiger partial charge on any atom is 0.220 e. The number of nitrogens with one attached hydrogen (secondary N) is 2. The molecule has 0 atom stereocenters. The molecule has 17 heavy (non-hydrogen) atoms. The van der Waals surface area contributed by atoms with Crippen LogP contribution in [0.25, 0.3) is 0 Å². The third-order valence-electron chi connectivity index (χ3n) is 2.80. The summed E-state index contributed by atoms with van der Waals surface area (Å²) >= 11 is 0. The van der Waals surface area contributed by atoms with Crippen LogP contribution in [0.2, 0.25) is 0 Å². The van der Waals surface area contributed by atoms with Crippen molar-refractivity contribution in [3.63, 3.8) is 0 Å². The second-order valence-electron chi connectivity index (χ2n) is 4.22. The molecule has 4 nitrogen and oxygen atoms in total. The van der Waals surface area contributed by atoms with Crippen molar-refractivity contribution in [3.8, 4) is 0 Å². The molecule has 0 spiro atoms. The zero-order valence-electron chi connectivity index (χ0n) is 9.89. The summed E-state index contributed by atoms with van der Waals surface area (Å²) in [7, 11) is 0. The van der Waals surface area contributed by atoms with E-state index in [9.17, 15) is 9.18 Å². The van der Waals surface area contributed by atoms with Crippen LogP contribution in [0.5, 0.6) is 0 Å². The van der Waals surface area contributed by atoms with Crippen molar-refractivity contribution in [1.82, 2.24) is 5.32 Å². The van der Waals surface area contributed by atoms with Gasteiger partial charge in [-0.25, -0.2) is 4.39 Å². The van der Waals surface area contributed by atoms with Gasteiger partial charge < -0.3 is 15.8 Å². The van der Waals surface area contributed by atoms with Crippen molar-refractivity contribution in [2.45, 2.75) is 38.5 Å². The van der Waals surface area contributed by atoms with Crippen LogP contribution >= 0.6 is 0 Å². The molecular formula is C12H19FN2O2. The molecule has 0 saturated heterocycles. The number of hydrogen-bond donors (Lipinski definition) is 3. The number of amides is 1. The molecule has 0 aromatic heterocycles. The molecule has 0 heterocycles. The van der Waals surface area contributed by atoms with Crippen LogP contribution in [0, 0.1) is 5.41 Å². The fourth-order valence-corrected chi connectivity index (χ4v) is 1.84. The Bertz CT molecular complexity index is 326. The SMILES string of the molecule is N=C1CCC(CCCC(=O)NCCO)=C(F)C1. The molecular weight excluding hydrogens is 223 g/mol. The minimum atomic E-state index is -0.183. The molecule has 0 aromatic rings. The summed E-state index contributed by atoms with van der Waals surface area (Å²) in [6, 6.07) is 0. The largest absolute Gasteiger partial charge is 0.395 e. The first-order valence-electron chi connectivity index (χ1n) is 5.93. The highest BCUT2D eigenvalue weighted by molar-refractivity contribution is 5.84. The van der Waals surface area contributed by atoms with E-state index in [1.165, 1.54) is 0 Å². The Morgan fingerprint density at radius 1 is 1.47 bits per heavy atom. The van der Waals surface area contributed by atoms with Crippen molar-refractivity contribution >= 4 is 11.6 Å². The quantitative estimate of drug-likeness (QED) is 0.663. The molecule has 96 valence electrons. The van der Waals surface area contributed by atoms with Gasteiger partial charge in [0.15, 0.2) is 0 Å². The molecule has 0 unspecified atom stereocenters. The maximum atomic E-state index is 13.4. The van der Waals surface area contributed by atoms with E-state index in [-0.39, 0.29) is 31.3 Å².